The molecular weight excluding hydrogens is 366 g/mol. The van der Waals surface area contributed by atoms with Crippen LogP contribution < -0.4 is 4.57 Å². The predicted octanol–water partition coefficient (Wildman–Crippen LogP) is 6.65. The normalized spacial score (nSPS) is 10.8. The highest BCUT2D eigenvalue weighted by atomic mass is 16.1. The molecule has 0 unspecified atom stereocenters. The Morgan fingerprint density at radius 2 is 1.43 bits per heavy atom. The van der Waals surface area contributed by atoms with Gasteiger partial charge in [-0.2, -0.15) is 4.57 Å². The molecule has 0 aliphatic carbocycles. The summed E-state index contributed by atoms with van der Waals surface area (Å²) in [7, 11) is 0. The number of rotatable bonds is 3. The Morgan fingerprint density at radius 1 is 0.733 bits per heavy atom. The molecule has 1 aromatic heterocycles. The van der Waals surface area contributed by atoms with Crippen molar-refractivity contribution in [2.75, 3.05) is 0 Å². The fourth-order valence-corrected chi connectivity index (χ4v) is 4.00. The van der Waals surface area contributed by atoms with Gasteiger partial charge in [-0.3, -0.25) is 4.79 Å². The second kappa shape index (κ2) is 8.46. The molecule has 0 radical (unpaired) electrons. The van der Waals surface area contributed by atoms with E-state index in [9.17, 15) is 4.79 Å². The number of aryl methyl sites for hydroxylation is 1. The van der Waals surface area contributed by atoms with Crippen molar-refractivity contribution in [3.8, 4) is 0 Å². The zero-order valence-electron chi connectivity index (χ0n) is 17.7. The Hall–Kier alpha value is -3.52. The second-order valence-corrected chi connectivity index (χ2v) is 7.34. The number of ketones is 1. The first kappa shape index (κ1) is 19.8. The summed E-state index contributed by atoms with van der Waals surface area (Å²) in [6.07, 6.45) is 4.01. The minimum Gasteiger partial charge on any atom is -0.287 e. The average molecular weight is 393 g/mol. The van der Waals surface area contributed by atoms with E-state index in [1.165, 1.54) is 27.1 Å². The fraction of sp³-hybridized carbons (Fsp3) is 0.143. The molecule has 5 aromatic rings. The number of fused-ring (bicyclic) bond motifs is 4. The number of nitrogens with zero attached hydrogens (tertiary/aromatic N) is 1. The molecule has 0 atom stereocenters. The summed E-state index contributed by atoms with van der Waals surface area (Å²) >= 11 is 0. The summed E-state index contributed by atoms with van der Waals surface area (Å²) in [5, 5.41) is 7.06. The molecule has 2 heteroatoms. The lowest BCUT2D eigenvalue weighted by molar-refractivity contribution is -0.681. The molecule has 0 saturated heterocycles. The Kier molecular flexibility index (Phi) is 5.58. The van der Waals surface area contributed by atoms with Crippen LogP contribution in [0.1, 0.15) is 29.8 Å². The second-order valence-electron chi connectivity index (χ2n) is 7.34. The smallest absolute Gasteiger partial charge is 0.227 e. The first-order valence-corrected chi connectivity index (χ1v) is 10.5. The quantitative estimate of drug-likeness (QED) is 0.191. The fourth-order valence-electron chi connectivity index (χ4n) is 4.00. The zero-order chi connectivity index (χ0) is 21.1. The van der Waals surface area contributed by atoms with Gasteiger partial charge in [0.05, 0.1) is 0 Å². The largest absolute Gasteiger partial charge is 0.287 e. The van der Waals surface area contributed by atoms with Crippen LogP contribution in [0.3, 0.4) is 0 Å². The third-order valence-electron chi connectivity index (χ3n) is 5.46. The van der Waals surface area contributed by atoms with E-state index in [-0.39, 0.29) is 5.78 Å². The lowest BCUT2D eigenvalue weighted by Crippen LogP contribution is -2.37. The van der Waals surface area contributed by atoms with Crippen molar-refractivity contribution < 1.29 is 9.36 Å². The number of benzene rings is 4. The Bertz CT molecular complexity index is 1370. The number of Topliss-reactive ketones (excluding diaryl/α,β-unsaturated/α-hetero) is 1. The number of hydrogen-bond donors (Lipinski definition) is 0. The van der Waals surface area contributed by atoms with Crippen LogP contribution in [0.2, 0.25) is 0 Å². The van der Waals surface area contributed by atoms with Gasteiger partial charge in [0.25, 0.3) is 0 Å². The Labute approximate surface area is 177 Å². The van der Waals surface area contributed by atoms with E-state index >= 15 is 0 Å². The average Bonchev–Trinajstić information content (AvgIpc) is 2.80. The minimum absolute atomic E-state index is 0.117. The third kappa shape index (κ3) is 3.69. The molecular formula is C28H26NO+. The predicted molar refractivity (Wildman–Crippen MR) is 126 cm³/mol. The highest BCUT2D eigenvalue weighted by molar-refractivity contribution is 6.11. The van der Waals surface area contributed by atoms with Gasteiger partial charge < -0.3 is 0 Å². The van der Waals surface area contributed by atoms with Gasteiger partial charge in [0, 0.05) is 17.0 Å². The van der Waals surface area contributed by atoms with Crippen molar-refractivity contribution in [3.05, 3.63) is 102 Å². The molecule has 5 rings (SSSR count). The van der Waals surface area contributed by atoms with E-state index in [2.05, 4.69) is 61.5 Å². The number of carbonyl (C=O) groups excluding carboxylic acids is 1. The van der Waals surface area contributed by atoms with Crippen LogP contribution in [0.4, 0.5) is 0 Å². The molecule has 1 heterocycles. The highest BCUT2D eigenvalue weighted by Gasteiger charge is 2.14. The molecule has 0 aliphatic rings. The topological polar surface area (TPSA) is 20.9 Å². The van der Waals surface area contributed by atoms with Crippen LogP contribution in [0.25, 0.3) is 32.3 Å². The number of aromatic nitrogens is 1. The van der Waals surface area contributed by atoms with Crippen LogP contribution in [0, 0.1) is 6.92 Å². The zero-order valence-corrected chi connectivity index (χ0v) is 17.7. The minimum atomic E-state index is 0.117. The van der Waals surface area contributed by atoms with Crippen molar-refractivity contribution >= 4 is 38.1 Å². The Balaban J connectivity index is 0.00000106. The summed E-state index contributed by atoms with van der Waals surface area (Å²) in [4.78, 5) is 13.0. The molecule has 0 saturated carbocycles. The molecule has 0 aliphatic heterocycles. The maximum absolute atomic E-state index is 13.0. The van der Waals surface area contributed by atoms with Gasteiger partial charge in [-0.15, -0.1) is 0 Å². The van der Waals surface area contributed by atoms with Gasteiger partial charge in [0.15, 0.2) is 12.4 Å². The van der Waals surface area contributed by atoms with Gasteiger partial charge in [0.1, 0.15) is 0 Å². The molecule has 0 spiro atoms. The van der Waals surface area contributed by atoms with Crippen LogP contribution in [-0.2, 0) is 6.54 Å². The molecule has 0 bridgehead atoms. The number of pyridine rings is 1. The molecule has 148 valence electrons. The van der Waals surface area contributed by atoms with E-state index < -0.39 is 0 Å². The van der Waals surface area contributed by atoms with E-state index in [0.717, 1.165) is 16.3 Å². The van der Waals surface area contributed by atoms with Crippen molar-refractivity contribution in [2.24, 2.45) is 0 Å². The molecule has 2 nitrogen and oxygen atoms in total. The SMILES string of the molecule is CC.Cc1cc2ccc(C(=O)C[n+]3ccc4ccccc4c3)cc2c2ccccc12. The van der Waals surface area contributed by atoms with Crippen molar-refractivity contribution in [2.45, 2.75) is 27.3 Å². The van der Waals surface area contributed by atoms with E-state index in [4.69, 9.17) is 0 Å². The van der Waals surface area contributed by atoms with Gasteiger partial charge >= 0.3 is 0 Å². The summed E-state index contributed by atoms with van der Waals surface area (Å²) in [6.45, 7) is 6.47. The highest BCUT2D eigenvalue weighted by Crippen LogP contribution is 2.29. The first-order valence-electron chi connectivity index (χ1n) is 10.5. The van der Waals surface area contributed by atoms with E-state index in [0.29, 0.717) is 6.54 Å². The van der Waals surface area contributed by atoms with Gasteiger partial charge in [-0.25, -0.2) is 0 Å². The molecule has 0 amide bonds. The van der Waals surface area contributed by atoms with Gasteiger partial charge in [-0.1, -0.05) is 74.5 Å². The number of hydrogen-bond acceptors (Lipinski definition) is 1. The van der Waals surface area contributed by atoms with Crippen LogP contribution in [0.5, 0.6) is 0 Å². The van der Waals surface area contributed by atoms with Gasteiger partial charge in [0.2, 0.25) is 12.3 Å². The van der Waals surface area contributed by atoms with Crippen molar-refractivity contribution in [3.63, 3.8) is 0 Å². The molecule has 0 fully saturated rings. The Morgan fingerprint density at radius 3 is 2.23 bits per heavy atom. The monoisotopic (exact) mass is 392 g/mol. The maximum atomic E-state index is 13.0. The van der Waals surface area contributed by atoms with Crippen molar-refractivity contribution in [1.29, 1.82) is 0 Å². The van der Waals surface area contributed by atoms with Gasteiger partial charge in [-0.05, 0) is 51.6 Å². The summed E-state index contributed by atoms with van der Waals surface area (Å²) in [5.74, 6) is 0.117. The lowest BCUT2D eigenvalue weighted by atomic mass is 9.96. The van der Waals surface area contributed by atoms with Crippen LogP contribution >= 0.6 is 0 Å². The van der Waals surface area contributed by atoms with Crippen molar-refractivity contribution in [1.82, 2.24) is 0 Å². The van der Waals surface area contributed by atoms with E-state index in [1.807, 2.05) is 55.1 Å². The molecule has 30 heavy (non-hydrogen) atoms. The molecule has 4 aromatic carbocycles. The third-order valence-corrected chi connectivity index (χ3v) is 5.46. The maximum Gasteiger partial charge on any atom is 0.227 e. The lowest BCUT2D eigenvalue weighted by Gasteiger charge is -2.09. The van der Waals surface area contributed by atoms with Crippen LogP contribution in [-0.4, -0.2) is 5.78 Å². The summed E-state index contributed by atoms with van der Waals surface area (Å²) in [6, 6.07) is 26.9. The summed E-state index contributed by atoms with van der Waals surface area (Å²) < 4.78 is 1.96. The van der Waals surface area contributed by atoms with Crippen LogP contribution in [0.15, 0.2) is 91.3 Å². The van der Waals surface area contributed by atoms with E-state index in [1.54, 1.807) is 0 Å². The standard InChI is InChI=1S/C26H20NO.C2H6/c1-18-14-20-10-11-21(15-25(20)24-9-5-4-8-23(18)24)26(28)17-27-13-12-19-6-2-3-7-22(19)16-27;1-2/h2-16H,17H2,1H3;1-2H3/q+1;. The molecule has 0 N–H and O–H groups in total. The first-order chi connectivity index (χ1) is 14.7. The number of carbonyl (C=O) groups is 1. The summed E-state index contributed by atoms with van der Waals surface area (Å²) in [5.41, 5.74) is 2.01.